The molecular weight excluding hydrogens is 713 g/mol. The Morgan fingerprint density at radius 3 is 2.11 bits per heavy atom. The third-order valence-corrected chi connectivity index (χ3v) is 9.50. The number of hydrogen-bond acceptors (Lipinski definition) is 9. The minimum atomic E-state index is -1.22. The van der Waals surface area contributed by atoms with E-state index in [-0.39, 0.29) is 19.4 Å². The van der Waals surface area contributed by atoms with Gasteiger partial charge in [0.15, 0.2) is 0 Å². The van der Waals surface area contributed by atoms with Crippen LogP contribution >= 0.6 is 0 Å². The first-order chi connectivity index (χ1) is 26.8. The molecule has 4 amide bonds. The van der Waals surface area contributed by atoms with Crippen molar-refractivity contribution >= 4 is 29.6 Å². The van der Waals surface area contributed by atoms with E-state index in [1.165, 1.54) is 15.5 Å². The fourth-order valence-electron chi connectivity index (χ4n) is 6.07. The van der Waals surface area contributed by atoms with Crippen LogP contribution < -0.4 is 32.8 Å². The van der Waals surface area contributed by atoms with Gasteiger partial charge in [0.05, 0.1) is 18.6 Å². The second-order valence-corrected chi connectivity index (χ2v) is 13.9. The van der Waals surface area contributed by atoms with E-state index < -0.39 is 66.4 Å². The summed E-state index contributed by atoms with van der Waals surface area (Å²) in [5.41, 5.74) is 10.3. The molecule has 1 aliphatic rings. The Morgan fingerprint density at radius 1 is 0.929 bits per heavy atom. The van der Waals surface area contributed by atoms with Crippen LogP contribution in [0, 0.1) is 6.92 Å². The van der Waals surface area contributed by atoms with Crippen molar-refractivity contribution in [2.75, 3.05) is 20.1 Å². The molecule has 0 radical (unpaired) electrons. The quantitative estimate of drug-likeness (QED) is 0.0788. The lowest BCUT2D eigenvalue weighted by molar-refractivity contribution is -0.142. The smallest absolute Gasteiger partial charge is 0.326 e. The predicted molar refractivity (Wildman–Crippen MR) is 216 cm³/mol. The van der Waals surface area contributed by atoms with Crippen LogP contribution in [0.15, 0.2) is 96.8 Å². The van der Waals surface area contributed by atoms with Gasteiger partial charge >= 0.3 is 5.97 Å². The van der Waals surface area contributed by atoms with E-state index in [9.17, 15) is 29.1 Å². The number of carboxylic acids is 1. The SMILES string of the molecule is CCC/C(N)=C/N(N)C1CC(C(=O)NCC(=O)NC(Cc2ccc(C)cc2)C(=O)O)N(C(=O)C(NC(=O)C(C)NC)c2ccccc2)C1.CCc1ccccc1. The highest BCUT2D eigenvalue weighted by molar-refractivity contribution is 5.95. The number of aryl methyl sites for hydroxylation is 2. The number of nitrogens with zero attached hydrogens (tertiary/aromatic N) is 2. The summed E-state index contributed by atoms with van der Waals surface area (Å²) >= 11 is 0. The number of hydrogen-bond donors (Lipinski definition) is 7. The lowest BCUT2D eigenvalue weighted by Crippen LogP contribution is -2.53. The van der Waals surface area contributed by atoms with Crippen molar-refractivity contribution in [3.63, 3.8) is 0 Å². The number of hydrazine groups is 1. The Balaban J connectivity index is 0.000000930. The molecule has 5 atom stereocenters. The van der Waals surface area contributed by atoms with Crippen LogP contribution in [-0.4, -0.2) is 88.9 Å². The molecule has 3 aromatic carbocycles. The monoisotopic (exact) mass is 770 g/mol. The van der Waals surface area contributed by atoms with Crippen LogP contribution in [0.3, 0.4) is 0 Å². The van der Waals surface area contributed by atoms with E-state index in [1.807, 2.05) is 32.0 Å². The first kappa shape index (κ1) is 44.7. The largest absolute Gasteiger partial charge is 0.480 e. The molecule has 4 rings (SSSR count). The topological polar surface area (TPSA) is 212 Å². The minimum absolute atomic E-state index is 0.0357. The predicted octanol–water partition coefficient (Wildman–Crippen LogP) is 2.68. The molecule has 5 unspecified atom stereocenters. The Bertz CT molecular complexity index is 1760. The fourth-order valence-corrected chi connectivity index (χ4v) is 6.07. The van der Waals surface area contributed by atoms with Gasteiger partial charge in [-0.15, -0.1) is 0 Å². The molecule has 3 aromatic rings. The Kier molecular flexibility index (Phi) is 18.0. The Labute approximate surface area is 330 Å². The van der Waals surface area contributed by atoms with Gasteiger partial charge in [-0.05, 0) is 50.4 Å². The number of carbonyl (C=O) groups is 5. The van der Waals surface area contributed by atoms with Crippen molar-refractivity contribution in [2.24, 2.45) is 11.6 Å². The summed E-state index contributed by atoms with van der Waals surface area (Å²) in [5, 5.41) is 21.8. The highest BCUT2D eigenvalue weighted by Gasteiger charge is 2.44. The van der Waals surface area contributed by atoms with Crippen molar-refractivity contribution in [1.82, 2.24) is 31.2 Å². The van der Waals surface area contributed by atoms with Crippen LogP contribution in [0.1, 0.15) is 68.3 Å². The molecule has 14 nitrogen and oxygen atoms in total. The van der Waals surface area contributed by atoms with Gasteiger partial charge in [0.2, 0.25) is 17.7 Å². The summed E-state index contributed by atoms with van der Waals surface area (Å²) in [6.45, 7) is 7.22. The molecule has 56 heavy (non-hydrogen) atoms. The van der Waals surface area contributed by atoms with Crippen LogP contribution in [0.25, 0.3) is 0 Å². The van der Waals surface area contributed by atoms with Gasteiger partial charge in [0, 0.05) is 31.3 Å². The number of benzene rings is 3. The maximum atomic E-state index is 14.2. The average molecular weight is 771 g/mol. The molecule has 0 bridgehead atoms. The second-order valence-electron chi connectivity index (χ2n) is 13.9. The summed E-state index contributed by atoms with van der Waals surface area (Å²) < 4.78 is 0. The number of nitrogens with one attached hydrogen (secondary N) is 4. The summed E-state index contributed by atoms with van der Waals surface area (Å²) in [4.78, 5) is 66.9. The van der Waals surface area contributed by atoms with Gasteiger partial charge in [-0.25, -0.2) is 10.6 Å². The Hall–Kier alpha value is -5.73. The average Bonchev–Trinajstić information content (AvgIpc) is 3.66. The number of aliphatic carboxylic acids is 1. The molecule has 1 heterocycles. The van der Waals surface area contributed by atoms with Gasteiger partial charge in [-0.3, -0.25) is 19.2 Å². The second kappa shape index (κ2) is 22.6. The number of likely N-dealkylation sites (N-methyl/N-ethyl adjacent to an activating group) is 1. The molecule has 0 aliphatic carbocycles. The zero-order chi connectivity index (χ0) is 41.2. The summed E-state index contributed by atoms with van der Waals surface area (Å²) in [5.74, 6) is 2.84. The molecule has 1 fully saturated rings. The number of nitrogens with two attached hydrogens (primary N) is 2. The maximum absolute atomic E-state index is 14.2. The molecule has 0 saturated carbocycles. The first-order valence-electron chi connectivity index (χ1n) is 19.0. The van der Waals surface area contributed by atoms with E-state index in [4.69, 9.17) is 11.6 Å². The number of carbonyl (C=O) groups excluding carboxylic acids is 4. The number of allylic oxidation sites excluding steroid dienone is 1. The van der Waals surface area contributed by atoms with Crippen LogP contribution in [0.2, 0.25) is 0 Å². The maximum Gasteiger partial charge on any atom is 0.326 e. The zero-order valence-corrected chi connectivity index (χ0v) is 33.0. The van der Waals surface area contributed by atoms with Crippen molar-refractivity contribution in [2.45, 2.75) is 90.0 Å². The summed E-state index contributed by atoms with van der Waals surface area (Å²) in [6, 6.07) is 21.9. The molecule has 1 aliphatic heterocycles. The van der Waals surface area contributed by atoms with Gasteiger partial charge in [0.1, 0.15) is 18.1 Å². The third-order valence-electron chi connectivity index (χ3n) is 9.50. The number of carboxylic acid groups (broad SMARTS) is 1. The van der Waals surface area contributed by atoms with Crippen molar-refractivity contribution in [3.05, 3.63) is 119 Å². The normalized spacial score (nSPS) is 16.7. The molecule has 1 saturated heterocycles. The fraction of sp³-hybridized carbons (Fsp3) is 0.405. The van der Waals surface area contributed by atoms with E-state index in [0.29, 0.717) is 17.7 Å². The highest BCUT2D eigenvalue weighted by atomic mass is 16.4. The molecule has 302 valence electrons. The summed E-state index contributed by atoms with van der Waals surface area (Å²) in [6.07, 6.45) is 4.29. The van der Waals surface area contributed by atoms with Crippen LogP contribution in [0.4, 0.5) is 0 Å². The van der Waals surface area contributed by atoms with E-state index in [2.05, 4.69) is 52.5 Å². The molecule has 0 spiro atoms. The number of amides is 4. The first-order valence-corrected chi connectivity index (χ1v) is 19.0. The van der Waals surface area contributed by atoms with Crippen molar-refractivity contribution in [1.29, 1.82) is 0 Å². The lowest BCUT2D eigenvalue weighted by atomic mass is 10.0. The number of rotatable bonds is 17. The molecule has 9 N–H and O–H groups in total. The summed E-state index contributed by atoms with van der Waals surface area (Å²) in [7, 11) is 1.62. The highest BCUT2D eigenvalue weighted by Crippen LogP contribution is 2.27. The third kappa shape index (κ3) is 13.8. The lowest BCUT2D eigenvalue weighted by Gasteiger charge is -2.30. The van der Waals surface area contributed by atoms with Gasteiger partial charge in [-0.2, -0.15) is 0 Å². The molecule has 14 heteroatoms. The number of likely N-dealkylation sites (tertiary alicyclic amines) is 1. The van der Waals surface area contributed by atoms with Gasteiger partial charge in [0.25, 0.3) is 5.91 Å². The minimum Gasteiger partial charge on any atom is -0.480 e. The van der Waals surface area contributed by atoms with Gasteiger partial charge < -0.3 is 42.0 Å². The van der Waals surface area contributed by atoms with Crippen LogP contribution in [-0.2, 0) is 36.8 Å². The van der Waals surface area contributed by atoms with E-state index >= 15 is 0 Å². The molecular formula is C42H58N8O6. The Morgan fingerprint density at radius 2 is 1.55 bits per heavy atom. The van der Waals surface area contributed by atoms with Crippen molar-refractivity contribution < 1.29 is 29.1 Å². The van der Waals surface area contributed by atoms with E-state index in [0.717, 1.165) is 24.0 Å². The van der Waals surface area contributed by atoms with Gasteiger partial charge in [-0.1, -0.05) is 111 Å². The molecule has 0 aromatic heterocycles. The van der Waals surface area contributed by atoms with E-state index in [1.54, 1.807) is 62.6 Å². The van der Waals surface area contributed by atoms with Crippen LogP contribution in [0.5, 0.6) is 0 Å². The zero-order valence-electron chi connectivity index (χ0n) is 33.0. The van der Waals surface area contributed by atoms with Crippen molar-refractivity contribution in [3.8, 4) is 0 Å². The standard InChI is InChI=1S/C34H48N8O6.C8H10/c1-5-9-25(35)19-42(36)26-17-28(32(45)38-18-29(43)39-27(34(47)48)16-23-14-12-21(2)13-15-23)41(20-26)33(46)30(24-10-7-6-8-11-24)40-31(44)22(3)37-4;1-2-8-6-4-3-5-7-8/h6-8,10-15,19,22,26-28,30,37H,5,9,16-18,20,35-36H2,1-4H3,(H,38,45)(H,39,43)(H,40,44)(H,47,48);3-7H,2H2,1H3/b25-19-;.